The van der Waals surface area contributed by atoms with Crippen molar-refractivity contribution in [3.63, 3.8) is 0 Å². The first-order chi connectivity index (χ1) is 14.4. The van der Waals surface area contributed by atoms with Gasteiger partial charge in [0.2, 0.25) is 0 Å². The maximum absolute atomic E-state index is 11.1. The molecule has 0 saturated heterocycles. The Balaban J connectivity index is 1.77. The topological polar surface area (TPSA) is 55.1 Å². The monoisotopic (exact) mass is 500 g/mol. The van der Waals surface area contributed by atoms with Crippen LogP contribution in [0.2, 0.25) is 10.0 Å². The van der Waals surface area contributed by atoms with Crippen LogP contribution in [0.1, 0.15) is 15.9 Å². The lowest BCUT2D eigenvalue weighted by molar-refractivity contribution is 0.0697. The smallest absolute Gasteiger partial charge is 0.335 e. The Kier molecular flexibility index (Phi) is 5.95. The van der Waals surface area contributed by atoms with Crippen LogP contribution in [0.15, 0.2) is 77.3 Å². The lowest BCUT2D eigenvalue weighted by Crippen LogP contribution is -2.05. The second-order valence-corrected chi connectivity index (χ2v) is 8.53. The zero-order valence-electron chi connectivity index (χ0n) is 15.5. The van der Waals surface area contributed by atoms with Gasteiger partial charge < -0.3 is 5.11 Å². The summed E-state index contributed by atoms with van der Waals surface area (Å²) in [4.78, 5) is 11.1. The molecule has 0 spiro atoms. The van der Waals surface area contributed by atoms with Crippen molar-refractivity contribution in [2.75, 3.05) is 0 Å². The van der Waals surface area contributed by atoms with Crippen LogP contribution < -0.4 is 0 Å². The Labute approximate surface area is 191 Å². The first kappa shape index (κ1) is 20.7. The molecular weight excluding hydrogens is 487 g/mol. The standard InChI is InChI=1S/C23H15BrCl2N2O2/c24-18-7-5-15(6-8-18)22-12-21(17-9-19(25)11-20(26)10-17)27-28(22)13-14-1-3-16(4-2-14)23(29)30/h1-12H,13H2,(H,29,30). The third-order valence-electron chi connectivity index (χ3n) is 4.61. The molecule has 1 aromatic heterocycles. The van der Waals surface area contributed by atoms with Crippen LogP contribution in [0.3, 0.4) is 0 Å². The molecule has 1 N–H and O–H groups in total. The molecule has 0 unspecified atom stereocenters. The predicted molar refractivity (Wildman–Crippen MR) is 123 cm³/mol. The molecular formula is C23H15BrCl2N2O2. The van der Waals surface area contributed by atoms with Crippen LogP contribution in [0.4, 0.5) is 0 Å². The molecule has 0 atom stereocenters. The Bertz CT molecular complexity index is 1200. The van der Waals surface area contributed by atoms with Gasteiger partial charge in [0.25, 0.3) is 0 Å². The minimum absolute atomic E-state index is 0.251. The summed E-state index contributed by atoms with van der Waals surface area (Å²) < 4.78 is 2.88. The highest BCUT2D eigenvalue weighted by Gasteiger charge is 2.14. The van der Waals surface area contributed by atoms with E-state index in [0.29, 0.717) is 16.6 Å². The van der Waals surface area contributed by atoms with E-state index < -0.39 is 5.97 Å². The number of hydrogen-bond acceptors (Lipinski definition) is 2. The van der Waals surface area contributed by atoms with Gasteiger partial charge in [-0.25, -0.2) is 4.79 Å². The van der Waals surface area contributed by atoms with E-state index in [9.17, 15) is 4.79 Å². The minimum Gasteiger partial charge on any atom is -0.478 e. The molecule has 1 heterocycles. The van der Waals surface area contributed by atoms with Crippen molar-refractivity contribution in [3.8, 4) is 22.5 Å². The number of benzene rings is 3. The Morgan fingerprint density at radius 1 is 0.900 bits per heavy atom. The number of carboxylic acids is 1. The summed E-state index contributed by atoms with van der Waals surface area (Å²) >= 11 is 15.8. The van der Waals surface area contributed by atoms with E-state index in [4.69, 9.17) is 33.4 Å². The van der Waals surface area contributed by atoms with Crippen LogP contribution in [-0.4, -0.2) is 20.9 Å². The number of nitrogens with zero attached hydrogens (tertiary/aromatic N) is 2. The average Bonchev–Trinajstić information content (AvgIpc) is 3.12. The molecule has 7 heteroatoms. The van der Waals surface area contributed by atoms with Crippen molar-refractivity contribution in [2.45, 2.75) is 6.54 Å². The summed E-state index contributed by atoms with van der Waals surface area (Å²) in [5.41, 5.74) is 4.70. The van der Waals surface area contributed by atoms with Gasteiger partial charge in [-0.3, -0.25) is 4.68 Å². The highest BCUT2D eigenvalue weighted by Crippen LogP contribution is 2.31. The van der Waals surface area contributed by atoms with Crippen molar-refractivity contribution < 1.29 is 9.90 Å². The van der Waals surface area contributed by atoms with E-state index in [-0.39, 0.29) is 5.56 Å². The normalized spacial score (nSPS) is 10.9. The van der Waals surface area contributed by atoms with Crippen LogP contribution >= 0.6 is 39.1 Å². The average molecular weight is 502 g/mol. The van der Waals surface area contributed by atoms with Crippen molar-refractivity contribution in [2.24, 2.45) is 0 Å². The molecule has 0 aliphatic rings. The number of halogens is 3. The van der Waals surface area contributed by atoms with E-state index in [1.807, 2.05) is 47.1 Å². The Hall–Kier alpha value is -2.60. The molecule has 4 rings (SSSR count). The first-order valence-electron chi connectivity index (χ1n) is 9.01. The second kappa shape index (κ2) is 8.64. The fraction of sp³-hybridized carbons (Fsp3) is 0.0435. The van der Waals surface area contributed by atoms with Crippen LogP contribution in [0.25, 0.3) is 22.5 Å². The van der Waals surface area contributed by atoms with E-state index in [1.54, 1.807) is 30.3 Å². The van der Waals surface area contributed by atoms with E-state index in [0.717, 1.165) is 32.6 Å². The molecule has 4 nitrogen and oxygen atoms in total. The Morgan fingerprint density at radius 2 is 1.53 bits per heavy atom. The quantitative estimate of drug-likeness (QED) is 0.319. The largest absolute Gasteiger partial charge is 0.478 e. The Morgan fingerprint density at radius 3 is 2.13 bits per heavy atom. The second-order valence-electron chi connectivity index (χ2n) is 6.74. The summed E-state index contributed by atoms with van der Waals surface area (Å²) in [6.45, 7) is 0.486. The molecule has 0 fully saturated rings. The highest BCUT2D eigenvalue weighted by molar-refractivity contribution is 9.10. The van der Waals surface area contributed by atoms with Crippen molar-refractivity contribution in [1.29, 1.82) is 0 Å². The number of rotatable bonds is 5. The molecule has 3 aromatic carbocycles. The summed E-state index contributed by atoms with van der Waals surface area (Å²) in [6, 6.07) is 22.1. The third-order valence-corrected chi connectivity index (χ3v) is 5.58. The van der Waals surface area contributed by atoms with Gasteiger partial charge in [-0.15, -0.1) is 0 Å². The van der Waals surface area contributed by atoms with Crippen molar-refractivity contribution in [3.05, 3.63) is 98.4 Å². The number of aromatic carboxylic acids is 1. The highest BCUT2D eigenvalue weighted by atomic mass is 79.9. The fourth-order valence-electron chi connectivity index (χ4n) is 3.16. The van der Waals surface area contributed by atoms with Gasteiger partial charge >= 0.3 is 5.97 Å². The molecule has 0 amide bonds. The zero-order chi connectivity index (χ0) is 21.3. The van der Waals surface area contributed by atoms with Crippen LogP contribution in [0.5, 0.6) is 0 Å². The van der Waals surface area contributed by atoms with Crippen molar-refractivity contribution >= 4 is 45.1 Å². The van der Waals surface area contributed by atoms with Gasteiger partial charge in [-0.05, 0) is 59.7 Å². The van der Waals surface area contributed by atoms with Gasteiger partial charge in [-0.2, -0.15) is 5.10 Å². The lowest BCUT2D eigenvalue weighted by Gasteiger charge is -2.08. The summed E-state index contributed by atoms with van der Waals surface area (Å²) in [5.74, 6) is -0.948. The number of carbonyl (C=O) groups is 1. The lowest BCUT2D eigenvalue weighted by atomic mass is 10.1. The first-order valence-corrected chi connectivity index (χ1v) is 10.6. The van der Waals surface area contributed by atoms with Gasteiger partial charge in [0, 0.05) is 20.1 Å². The molecule has 0 aliphatic heterocycles. The van der Waals surface area contributed by atoms with Gasteiger partial charge in [0.05, 0.1) is 23.5 Å². The van der Waals surface area contributed by atoms with Gasteiger partial charge in [-0.1, -0.05) is 63.4 Å². The number of aromatic nitrogens is 2. The predicted octanol–water partition coefficient (Wildman–Crippen LogP) is 7.03. The molecule has 0 radical (unpaired) electrons. The van der Waals surface area contributed by atoms with Gasteiger partial charge in [0.15, 0.2) is 0 Å². The summed E-state index contributed by atoms with van der Waals surface area (Å²) in [5, 5.41) is 15.0. The third kappa shape index (κ3) is 4.59. The number of hydrogen-bond donors (Lipinski definition) is 1. The minimum atomic E-state index is -0.948. The van der Waals surface area contributed by atoms with E-state index >= 15 is 0 Å². The molecule has 150 valence electrons. The zero-order valence-corrected chi connectivity index (χ0v) is 18.6. The molecule has 0 saturated carbocycles. The van der Waals surface area contributed by atoms with Crippen LogP contribution in [-0.2, 0) is 6.54 Å². The summed E-state index contributed by atoms with van der Waals surface area (Å²) in [6.07, 6.45) is 0. The molecule has 0 aliphatic carbocycles. The maximum Gasteiger partial charge on any atom is 0.335 e. The number of carboxylic acid groups (broad SMARTS) is 1. The maximum atomic E-state index is 11.1. The summed E-state index contributed by atoms with van der Waals surface area (Å²) in [7, 11) is 0. The molecule has 4 aromatic rings. The van der Waals surface area contributed by atoms with E-state index in [1.165, 1.54) is 0 Å². The van der Waals surface area contributed by atoms with E-state index in [2.05, 4.69) is 15.9 Å². The molecule has 0 bridgehead atoms. The van der Waals surface area contributed by atoms with Crippen LogP contribution in [0, 0.1) is 0 Å². The fourth-order valence-corrected chi connectivity index (χ4v) is 3.95. The molecule has 30 heavy (non-hydrogen) atoms. The van der Waals surface area contributed by atoms with Gasteiger partial charge in [0.1, 0.15) is 0 Å². The van der Waals surface area contributed by atoms with Crippen molar-refractivity contribution in [1.82, 2.24) is 9.78 Å². The SMILES string of the molecule is O=C(O)c1ccc(Cn2nc(-c3cc(Cl)cc(Cl)c3)cc2-c2ccc(Br)cc2)cc1.